The summed E-state index contributed by atoms with van der Waals surface area (Å²) < 4.78 is 10.4. The number of carbonyl (C=O) groups is 3. The van der Waals surface area contributed by atoms with E-state index in [0.717, 1.165) is 29.0 Å². The molecular weight excluding hydrogens is 476 g/mol. The van der Waals surface area contributed by atoms with E-state index in [4.69, 9.17) is 9.15 Å². The number of aromatic amines is 1. The molecule has 3 amide bonds. The molecular formula is C27H30N4O6. The van der Waals surface area contributed by atoms with Gasteiger partial charge in [-0.25, -0.2) is 9.59 Å². The van der Waals surface area contributed by atoms with Gasteiger partial charge in [-0.05, 0) is 67.6 Å². The van der Waals surface area contributed by atoms with Gasteiger partial charge in [-0.2, -0.15) is 0 Å². The van der Waals surface area contributed by atoms with E-state index in [1.807, 2.05) is 23.1 Å². The lowest BCUT2D eigenvalue weighted by molar-refractivity contribution is -0.132. The molecule has 3 heterocycles. The molecule has 2 aliphatic heterocycles. The molecule has 0 unspecified atom stereocenters. The number of amides is 3. The second-order valence-electron chi connectivity index (χ2n) is 9.61. The Morgan fingerprint density at radius 2 is 1.86 bits per heavy atom. The first kappa shape index (κ1) is 24.6. The third kappa shape index (κ3) is 5.09. The number of aromatic nitrogens is 1. The van der Waals surface area contributed by atoms with Gasteiger partial charge in [0.2, 0.25) is 5.91 Å². The normalized spacial score (nSPS) is 16.3. The third-order valence-corrected chi connectivity index (χ3v) is 7.31. The number of ether oxygens (including phenoxy) is 1. The fourth-order valence-electron chi connectivity index (χ4n) is 5.24. The Morgan fingerprint density at radius 1 is 1.08 bits per heavy atom. The van der Waals surface area contributed by atoms with Gasteiger partial charge >= 0.3 is 11.8 Å². The molecule has 0 atom stereocenters. The SMILES string of the molecule is COc1ccc2c(c1)CCN(C1CCN(C(=O)CCC(=O)c3cc(C)c4[nH]c(=O)oc4c3)CC1)C(=O)N2. The van der Waals surface area contributed by atoms with Crippen molar-refractivity contribution < 1.29 is 23.5 Å². The van der Waals surface area contributed by atoms with Crippen molar-refractivity contribution in [1.82, 2.24) is 14.8 Å². The Hall–Kier alpha value is -4.08. The van der Waals surface area contributed by atoms with E-state index in [9.17, 15) is 19.2 Å². The highest BCUT2D eigenvalue weighted by molar-refractivity contribution is 6.00. The van der Waals surface area contributed by atoms with Crippen molar-refractivity contribution in [2.45, 2.75) is 45.1 Å². The summed E-state index contributed by atoms with van der Waals surface area (Å²) >= 11 is 0. The number of benzene rings is 2. The lowest BCUT2D eigenvalue weighted by Crippen LogP contribution is -2.50. The zero-order valence-electron chi connectivity index (χ0n) is 21.0. The van der Waals surface area contributed by atoms with Crippen molar-refractivity contribution in [3.8, 4) is 5.75 Å². The Morgan fingerprint density at radius 3 is 2.62 bits per heavy atom. The molecule has 2 aliphatic rings. The summed E-state index contributed by atoms with van der Waals surface area (Å²) in [7, 11) is 1.62. The van der Waals surface area contributed by atoms with Gasteiger partial charge in [0, 0.05) is 49.8 Å². The number of hydrogen-bond acceptors (Lipinski definition) is 6. The van der Waals surface area contributed by atoms with Crippen molar-refractivity contribution in [3.63, 3.8) is 0 Å². The lowest BCUT2D eigenvalue weighted by Gasteiger charge is -2.38. The minimum Gasteiger partial charge on any atom is -0.497 e. The van der Waals surface area contributed by atoms with E-state index in [1.54, 1.807) is 31.1 Å². The van der Waals surface area contributed by atoms with Gasteiger partial charge in [-0.1, -0.05) is 0 Å². The molecule has 1 aromatic heterocycles. The number of oxazole rings is 1. The molecule has 0 radical (unpaired) electrons. The molecule has 2 aromatic carbocycles. The number of carbonyl (C=O) groups excluding carboxylic acids is 3. The molecule has 1 saturated heterocycles. The molecule has 5 rings (SSSR count). The average molecular weight is 507 g/mol. The number of rotatable bonds is 6. The van der Waals surface area contributed by atoms with E-state index in [0.29, 0.717) is 49.1 Å². The van der Waals surface area contributed by atoms with Crippen LogP contribution in [-0.2, 0) is 11.2 Å². The van der Waals surface area contributed by atoms with Crippen LogP contribution in [0, 0.1) is 6.92 Å². The van der Waals surface area contributed by atoms with Crippen molar-refractivity contribution >= 4 is 34.5 Å². The fourth-order valence-corrected chi connectivity index (χ4v) is 5.24. The summed E-state index contributed by atoms with van der Waals surface area (Å²) in [6.07, 6.45) is 2.29. The second-order valence-corrected chi connectivity index (χ2v) is 9.61. The molecule has 194 valence electrons. The number of nitrogens with one attached hydrogen (secondary N) is 2. The van der Waals surface area contributed by atoms with Crippen molar-refractivity contribution in [3.05, 3.63) is 57.6 Å². The Labute approximate surface area is 213 Å². The molecule has 37 heavy (non-hydrogen) atoms. The first-order valence-electron chi connectivity index (χ1n) is 12.5. The molecule has 0 aliphatic carbocycles. The van der Waals surface area contributed by atoms with E-state index < -0.39 is 5.76 Å². The number of H-pyrrole nitrogens is 1. The Bertz CT molecular complexity index is 1420. The fraction of sp³-hybridized carbons (Fsp3) is 0.407. The van der Waals surface area contributed by atoms with Gasteiger partial charge < -0.3 is 24.3 Å². The molecule has 10 nitrogen and oxygen atoms in total. The topological polar surface area (TPSA) is 125 Å². The summed E-state index contributed by atoms with van der Waals surface area (Å²) in [5.41, 5.74) is 3.91. The Balaban J connectivity index is 1.14. The number of piperidine rings is 1. The maximum Gasteiger partial charge on any atom is 0.417 e. The van der Waals surface area contributed by atoms with Crippen molar-refractivity contribution in [2.75, 3.05) is 32.1 Å². The largest absolute Gasteiger partial charge is 0.497 e. The predicted octanol–water partition coefficient (Wildman–Crippen LogP) is 3.48. The van der Waals surface area contributed by atoms with Crippen LogP contribution in [0.15, 0.2) is 39.5 Å². The minimum atomic E-state index is -0.566. The molecule has 3 aromatic rings. The number of nitrogens with zero attached hydrogens (tertiary/aromatic N) is 2. The van der Waals surface area contributed by atoms with Crippen LogP contribution in [0.4, 0.5) is 10.5 Å². The monoisotopic (exact) mass is 506 g/mol. The minimum absolute atomic E-state index is 0.0487. The van der Waals surface area contributed by atoms with Gasteiger partial charge in [0.05, 0.1) is 12.6 Å². The molecule has 2 N–H and O–H groups in total. The summed E-state index contributed by atoms with van der Waals surface area (Å²) in [4.78, 5) is 56.2. The number of Topliss-reactive ketones (excluding diaryl/α,β-unsaturated/α-hetero) is 1. The highest BCUT2D eigenvalue weighted by Gasteiger charge is 2.31. The van der Waals surface area contributed by atoms with Crippen LogP contribution < -0.4 is 15.8 Å². The van der Waals surface area contributed by atoms with Crippen molar-refractivity contribution in [1.29, 1.82) is 0 Å². The number of methoxy groups -OCH3 is 1. The van der Waals surface area contributed by atoms with Gasteiger partial charge in [0.1, 0.15) is 5.75 Å². The number of anilines is 1. The van der Waals surface area contributed by atoms with Crippen LogP contribution in [0.1, 0.15) is 47.2 Å². The van der Waals surface area contributed by atoms with Crippen LogP contribution >= 0.6 is 0 Å². The zero-order chi connectivity index (χ0) is 26.1. The van der Waals surface area contributed by atoms with Gasteiger partial charge in [-0.15, -0.1) is 0 Å². The standard InChI is InChI=1S/C27H30N4O6/c1-16-13-18(15-23-25(16)29-27(35)37-23)22(32)5-6-24(33)30-10-8-19(9-11-30)31-12-7-17-14-20(36-2)3-4-21(17)28-26(31)34/h3-4,13-15,19H,5-12H2,1-2H3,(H,28,34)(H,29,35). The maximum absolute atomic E-state index is 12.9. The van der Waals surface area contributed by atoms with Crippen molar-refractivity contribution in [2.24, 2.45) is 0 Å². The number of likely N-dealkylation sites (tertiary alicyclic amines) is 1. The van der Waals surface area contributed by atoms with Crippen LogP contribution in [0.5, 0.6) is 5.75 Å². The number of urea groups is 1. The number of fused-ring (bicyclic) bond motifs is 2. The third-order valence-electron chi connectivity index (χ3n) is 7.31. The van der Waals surface area contributed by atoms with E-state index in [1.165, 1.54) is 0 Å². The summed E-state index contributed by atoms with van der Waals surface area (Å²) in [5, 5.41) is 3.01. The number of hydrogen-bond donors (Lipinski definition) is 2. The molecule has 10 heteroatoms. The number of aryl methyl sites for hydroxylation is 1. The quantitative estimate of drug-likeness (QED) is 0.493. The predicted molar refractivity (Wildman–Crippen MR) is 137 cm³/mol. The number of ketones is 1. The van der Waals surface area contributed by atoms with Gasteiger partial charge in [-0.3, -0.25) is 14.6 Å². The maximum atomic E-state index is 12.9. The smallest absolute Gasteiger partial charge is 0.417 e. The van der Waals surface area contributed by atoms with Crippen LogP contribution in [0.25, 0.3) is 11.1 Å². The van der Waals surface area contributed by atoms with Gasteiger partial charge in [0.25, 0.3) is 0 Å². The first-order chi connectivity index (χ1) is 17.8. The second kappa shape index (κ2) is 10.1. The lowest BCUT2D eigenvalue weighted by atomic mass is 10.0. The molecule has 0 spiro atoms. The van der Waals surface area contributed by atoms with E-state index in [-0.39, 0.29) is 36.6 Å². The van der Waals surface area contributed by atoms with Crippen LogP contribution in [0.2, 0.25) is 0 Å². The zero-order valence-corrected chi connectivity index (χ0v) is 21.0. The van der Waals surface area contributed by atoms with E-state index >= 15 is 0 Å². The molecule has 0 bridgehead atoms. The summed E-state index contributed by atoms with van der Waals surface area (Å²) in [6.45, 7) is 3.48. The molecule has 0 saturated carbocycles. The van der Waals surface area contributed by atoms with Crippen LogP contribution in [0.3, 0.4) is 0 Å². The highest BCUT2D eigenvalue weighted by Crippen LogP contribution is 2.28. The first-order valence-corrected chi connectivity index (χ1v) is 12.5. The summed E-state index contributed by atoms with van der Waals surface area (Å²) in [6, 6.07) is 8.82. The molecule has 1 fully saturated rings. The van der Waals surface area contributed by atoms with Gasteiger partial charge in [0.15, 0.2) is 11.4 Å². The van der Waals surface area contributed by atoms with Crippen LogP contribution in [-0.4, -0.2) is 65.3 Å². The van der Waals surface area contributed by atoms with E-state index in [2.05, 4.69) is 10.3 Å². The Kier molecular flexibility index (Phi) is 6.73. The highest BCUT2D eigenvalue weighted by atomic mass is 16.5. The average Bonchev–Trinajstić information content (AvgIpc) is 3.20. The summed E-state index contributed by atoms with van der Waals surface area (Å²) in [5.74, 6) is -0.0469.